The molecular formula is C30H38ClN6O11P. The van der Waals surface area contributed by atoms with Crippen molar-refractivity contribution in [3.05, 3.63) is 41.3 Å². The average Bonchev–Trinajstić information content (AvgIpc) is 3.63. The Hall–Kier alpha value is -4.02. The van der Waals surface area contributed by atoms with Crippen molar-refractivity contribution in [3.63, 3.8) is 0 Å². The molecule has 4 heterocycles. The number of esters is 2. The van der Waals surface area contributed by atoms with Crippen LogP contribution in [-0.4, -0.2) is 80.3 Å². The van der Waals surface area contributed by atoms with Crippen LogP contribution in [0.5, 0.6) is 5.75 Å². The first kappa shape index (κ1) is 36.3. The van der Waals surface area contributed by atoms with Crippen molar-refractivity contribution in [2.24, 2.45) is 0 Å². The Morgan fingerprint density at radius 1 is 1.14 bits per heavy atom. The number of hydrogen-bond acceptors (Lipinski definition) is 15. The fraction of sp³-hybridized carbons (Fsp3) is 0.533. The summed E-state index contributed by atoms with van der Waals surface area (Å²) in [6, 6.07) is 5.47. The molecule has 3 unspecified atom stereocenters. The number of aryl methyl sites for hydroxylation is 1. The van der Waals surface area contributed by atoms with Gasteiger partial charge in [-0.25, -0.2) is 14.3 Å². The lowest BCUT2D eigenvalue weighted by molar-refractivity contribution is -0.149. The highest BCUT2D eigenvalue weighted by molar-refractivity contribution is 7.52. The van der Waals surface area contributed by atoms with Crippen LogP contribution in [0.1, 0.15) is 59.8 Å². The smallest absolute Gasteiger partial charge is 0.463 e. The van der Waals surface area contributed by atoms with Crippen LogP contribution in [0, 0.1) is 0 Å². The molecule has 3 N–H and O–H groups in total. The Labute approximate surface area is 286 Å². The number of aromatic nitrogens is 4. The summed E-state index contributed by atoms with van der Waals surface area (Å²) in [4.78, 5) is 49.8. The first-order valence-electron chi connectivity index (χ1n) is 15.5. The Kier molecular flexibility index (Phi) is 10.7. The van der Waals surface area contributed by atoms with Gasteiger partial charge in [-0.3, -0.25) is 18.7 Å². The van der Waals surface area contributed by atoms with Gasteiger partial charge in [0.25, 0.3) is 0 Å². The monoisotopic (exact) mass is 724 g/mol. The number of hydrogen-bond donors (Lipinski definition) is 2. The molecular weight excluding hydrogens is 687 g/mol. The summed E-state index contributed by atoms with van der Waals surface area (Å²) in [5.41, 5.74) is 5.35. The number of nitrogens with one attached hydrogen (secondary N) is 1. The average molecular weight is 725 g/mol. The molecule has 2 fully saturated rings. The number of benzene rings is 1. The van der Waals surface area contributed by atoms with Gasteiger partial charge in [-0.15, -0.1) is 0 Å². The molecule has 2 aliphatic heterocycles. The number of anilines is 1. The molecule has 5 rings (SSSR count). The molecule has 49 heavy (non-hydrogen) atoms. The number of ether oxygens (including phenoxy) is 5. The fourth-order valence-electron chi connectivity index (χ4n) is 5.40. The predicted molar refractivity (Wildman–Crippen MR) is 172 cm³/mol. The molecule has 0 spiro atoms. The number of carbonyl (C=O) groups is 3. The van der Waals surface area contributed by atoms with E-state index in [9.17, 15) is 18.9 Å². The number of nitrogens with zero attached hydrogens (tertiary/aromatic N) is 4. The van der Waals surface area contributed by atoms with Crippen molar-refractivity contribution in [1.82, 2.24) is 24.6 Å². The summed E-state index contributed by atoms with van der Waals surface area (Å²) >= 11 is 6.22. The van der Waals surface area contributed by atoms with Crippen molar-refractivity contribution in [3.8, 4) is 5.75 Å². The number of nitrogens with two attached hydrogens (primary N) is 1. The Bertz CT molecular complexity index is 1770. The minimum absolute atomic E-state index is 0.00636. The van der Waals surface area contributed by atoms with Crippen LogP contribution in [0.4, 0.5) is 10.7 Å². The minimum Gasteiger partial charge on any atom is -0.463 e. The van der Waals surface area contributed by atoms with Crippen LogP contribution in [-0.2, 0) is 48.8 Å². The molecule has 17 nitrogen and oxygen atoms in total. The molecule has 2 saturated heterocycles. The lowest BCUT2D eigenvalue weighted by Crippen LogP contribution is -2.42. The SMILES string of the molecule is CC(C)OC(=O)CCc1ccccc1OP(=O)(N[C@@H](C)C(=O)OC(C)C)OC[C@H]1O[C@@H](n2cnc3c(Cl)nc(N)nc32)C2(C)OC(=O)OC12. The second-order valence-electron chi connectivity index (χ2n) is 12.2. The molecule has 2 aliphatic rings. The molecule has 19 heteroatoms. The second-order valence-corrected chi connectivity index (χ2v) is 14.2. The third kappa shape index (κ3) is 8.07. The van der Waals surface area contributed by atoms with E-state index >= 15 is 0 Å². The number of rotatable bonds is 14. The number of nitrogen functional groups attached to an aromatic ring is 1. The normalized spacial score (nSPS) is 23.5. The van der Waals surface area contributed by atoms with E-state index in [1.54, 1.807) is 58.9 Å². The summed E-state index contributed by atoms with van der Waals surface area (Å²) < 4.78 is 55.7. The molecule has 0 aliphatic carbocycles. The van der Waals surface area contributed by atoms with Gasteiger partial charge in [-0.2, -0.15) is 15.1 Å². The number of para-hydroxylation sites is 1. The van der Waals surface area contributed by atoms with Gasteiger partial charge in [0.15, 0.2) is 28.7 Å². The highest BCUT2D eigenvalue weighted by Gasteiger charge is 2.64. The summed E-state index contributed by atoms with van der Waals surface area (Å²) in [6.45, 7) is 9.38. The van der Waals surface area contributed by atoms with Gasteiger partial charge < -0.3 is 33.9 Å². The largest absolute Gasteiger partial charge is 0.509 e. The molecule has 6 atom stereocenters. The molecule has 0 bridgehead atoms. The van der Waals surface area contributed by atoms with Crippen LogP contribution < -0.4 is 15.3 Å². The number of imidazole rings is 1. The van der Waals surface area contributed by atoms with Crippen LogP contribution >= 0.6 is 19.3 Å². The zero-order chi connectivity index (χ0) is 35.7. The number of fused-ring (bicyclic) bond motifs is 2. The van der Waals surface area contributed by atoms with Gasteiger partial charge in [0, 0.05) is 6.42 Å². The van der Waals surface area contributed by atoms with Crippen molar-refractivity contribution < 1.29 is 51.7 Å². The third-order valence-corrected chi connectivity index (χ3v) is 9.39. The lowest BCUT2D eigenvalue weighted by Gasteiger charge is -2.26. The highest BCUT2D eigenvalue weighted by Crippen LogP contribution is 2.51. The van der Waals surface area contributed by atoms with Crippen molar-refractivity contribution in [1.29, 1.82) is 0 Å². The van der Waals surface area contributed by atoms with E-state index in [-0.39, 0.29) is 47.0 Å². The summed E-state index contributed by atoms with van der Waals surface area (Å²) in [6.07, 6.45) is -3.31. The summed E-state index contributed by atoms with van der Waals surface area (Å²) in [7, 11) is -4.45. The lowest BCUT2D eigenvalue weighted by atomic mass is 9.96. The molecule has 1 aromatic carbocycles. The zero-order valence-electron chi connectivity index (χ0n) is 27.7. The van der Waals surface area contributed by atoms with E-state index in [4.69, 9.17) is 50.1 Å². The van der Waals surface area contributed by atoms with Gasteiger partial charge >= 0.3 is 25.8 Å². The second kappa shape index (κ2) is 14.5. The third-order valence-electron chi connectivity index (χ3n) is 7.49. The summed E-state index contributed by atoms with van der Waals surface area (Å²) in [5, 5.41) is 2.64. The van der Waals surface area contributed by atoms with E-state index in [0.29, 0.717) is 5.56 Å². The molecule has 2 aromatic heterocycles. The molecule has 0 amide bonds. The fourth-order valence-corrected chi connectivity index (χ4v) is 7.16. The quantitative estimate of drug-likeness (QED) is 0.103. The first-order chi connectivity index (χ1) is 23.1. The van der Waals surface area contributed by atoms with Gasteiger partial charge in [-0.05, 0) is 59.6 Å². The molecule has 266 valence electrons. The first-order valence-corrected chi connectivity index (χ1v) is 17.4. The minimum atomic E-state index is -4.45. The summed E-state index contributed by atoms with van der Waals surface area (Å²) in [5.74, 6) is -1.12. The van der Waals surface area contributed by atoms with E-state index < -0.39 is 68.6 Å². The van der Waals surface area contributed by atoms with Crippen LogP contribution in [0.2, 0.25) is 5.15 Å². The maximum absolute atomic E-state index is 14.5. The van der Waals surface area contributed by atoms with Crippen LogP contribution in [0.25, 0.3) is 11.2 Å². The number of carbonyl (C=O) groups excluding carboxylic acids is 3. The zero-order valence-corrected chi connectivity index (χ0v) is 29.3. The van der Waals surface area contributed by atoms with E-state index in [1.165, 1.54) is 17.8 Å². The Morgan fingerprint density at radius 3 is 2.57 bits per heavy atom. The standard InChI is InChI=1S/C30H38ClN6O11P/c1-15(2)43-21(38)12-11-18-9-7-8-10-19(18)48-49(41,36-17(5)26(39)44-16(3)4)42-13-20-23-30(6,47-29(40)46-23)27(45-20)37-14-33-22-24(31)34-28(32)35-25(22)37/h7-10,14-17,20,23,27H,11-13H2,1-6H3,(H,36,41)(H2,32,34,35)/t17-,20+,23?,27+,30?,49?/m0/s1. The maximum Gasteiger partial charge on any atom is 0.509 e. The predicted octanol–water partition coefficient (Wildman–Crippen LogP) is 4.27. The highest BCUT2D eigenvalue weighted by atomic mass is 35.5. The van der Waals surface area contributed by atoms with Gasteiger partial charge in [-0.1, -0.05) is 29.8 Å². The van der Waals surface area contributed by atoms with Crippen molar-refractivity contribution in [2.45, 2.75) is 96.7 Å². The van der Waals surface area contributed by atoms with Gasteiger partial charge in [0.1, 0.15) is 23.4 Å². The number of halogens is 1. The molecule has 0 radical (unpaired) electrons. The Morgan fingerprint density at radius 2 is 1.86 bits per heavy atom. The van der Waals surface area contributed by atoms with Gasteiger partial charge in [0.2, 0.25) is 5.95 Å². The van der Waals surface area contributed by atoms with E-state index in [2.05, 4.69) is 20.0 Å². The van der Waals surface area contributed by atoms with Gasteiger partial charge in [0.05, 0.1) is 25.1 Å². The van der Waals surface area contributed by atoms with Crippen LogP contribution in [0.15, 0.2) is 30.6 Å². The molecule has 0 saturated carbocycles. The molecule has 3 aromatic rings. The van der Waals surface area contributed by atoms with Crippen molar-refractivity contribution >= 4 is 54.6 Å². The van der Waals surface area contributed by atoms with Crippen LogP contribution in [0.3, 0.4) is 0 Å². The maximum atomic E-state index is 14.5. The van der Waals surface area contributed by atoms with Crippen molar-refractivity contribution in [2.75, 3.05) is 12.3 Å². The Balaban J connectivity index is 1.41. The topological polar surface area (TPSA) is 215 Å². The van der Waals surface area contributed by atoms with E-state index in [1.807, 2.05) is 0 Å². The van der Waals surface area contributed by atoms with E-state index in [0.717, 1.165) is 0 Å².